The van der Waals surface area contributed by atoms with Gasteiger partial charge in [0.05, 0.1) is 26.9 Å². The fourth-order valence-electron chi connectivity index (χ4n) is 3.60. The number of piperidine rings is 1. The summed E-state index contributed by atoms with van der Waals surface area (Å²) in [6.07, 6.45) is 3.54. The molecule has 1 atom stereocenters. The molecule has 3 rings (SSSR count). The van der Waals surface area contributed by atoms with Gasteiger partial charge in [-0.15, -0.1) is 5.10 Å². The molecule has 1 aromatic rings. The number of hydrogen-bond donors (Lipinski definition) is 0. The third-order valence-electron chi connectivity index (χ3n) is 5.13. The van der Waals surface area contributed by atoms with Crippen molar-refractivity contribution in [1.29, 1.82) is 0 Å². The van der Waals surface area contributed by atoms with Gasteiger partial charge in [0.15, 0.2) is 5.82 Å². The van der Waals surface area contributed by atoms with Gasteiger partial charge in [-0.05, 0) is 36.1 Å². The van der Waals surface area contributed by atoms with Gasteiger partial charge in [0.1, 0.15) is 6.04 Å². The Hall–Kier alpha value is -2.07. The molecule has 0 aromatic carbocycles. The Morgan fingerprint density at radius 3 is 2.81 bits per heavy atom. The van der Waals surface area contributed by atoms with E-state index in [4.69, 9.17) is 9.47 Å². The maximum atomic E-state index is 12.6. The average molecular weight is 380 g/mol. The van der Waals surface area contributed by atoms with Gasteiger partial charge in [0.25, 0.3) is 0 Å². The lowest BCUT2D eigenvalue weighted by Crippen LogP contribution is -2.48. The highest BCUT2D eigenvalue weighted by molar-refractivity contribution is 5.84. The van der Waals surface area contributed by atoms with Gasteiger partial charge in [-0.3, -0.25) is 9.69 Å². The van der Waals surface area contributed by atoms with Gasteiger partial charge in [-0.25, -0.2) is 9.48 Å². The number of esters is 1. The van der Waals surface area contributed by atoms with Gasteiger partial charge >= 0.3 is 5.97 Å². The largest absolute Gasteiger partial charge is 0.467 e. The quantitative estimate of drug-likeness (QED) is 0.601. The molecule has 0 saturated carbocycles. The van der Waals surface area contributed by atoms with Crippen molar-refractivity contribution < 1.29 is 19.1 Å². The number of rotatable bonds is 7. The number of ether oxygens (including phenoxy) is 2. The van der Waals surface area contributed by atoms with Gasteiger partial charge in [-0.1, -0.05) is 0 Å². The van der Waals surface area contributed by atoms with Crippen molar-refractivity contribution in [3.63, 3.8) is 0 Å². The van der Waals surface area contributed by atoms with E-state index in [1.807, 2.05) is 0 Å². The Labute approximate surface area is 158 Å². The number of morpholine rings is 1. The minimum atomic E-state index is -0.443. The molecule has 2 aliphatic heterocycles. The van der Waals surface area contributed by atoms with Gasteiger partial charge < -0.3 is 14.4 Å². The SMILES string of the molecule is COC(=O)[C@H]1CCCCN1C(=O)CCCn1nnnc1CN1CCOCC1. The molecule has 1 aromatic heterocycles. The number of nitrogens with zero attached hydrogens (tertiary/aromatic N) is 6. The number of aromatic nitrogens is 4. The van der Waals surface area contributed by atoms with Crippen LogP contribution in [0.3, 0.4) is 0 Å². The van der Waals surface area contributed by atoms with Crippen molar-refractivity contribution in [2.45, 2.75) is 51.2 Å². The standard InChI is InChI=1S/C17H28N6O4/c1-26-17(25)14-5-2-3-7-22(14)16(24)6-4-8-23-15(18-19-20-23)13-21-9-11-27-12-10-21/h14H,2-13H2,1H3/t14-/m1/s1. The molecule has 150 valence electrons. The molecule has 2 aliphatic rings. The van der Waals surface area contributed by atoms with Crippen molar-refractivity contribution in [1.82, 2.24) is 30.0 Å². The van der Waals surface area contributed by atoms with Crippen LogP contribution >= 0.6 is 0 Å². The summed E-state index contributed by atoms with van der Waals surface area (Å²) in [6, 6.07) is -0.443. The van der Waals surface area contributed by atoms with Gasteiger partial charge in [0.2, 0.25) is 5.91 Å². The predicted octanol–water partition coefficient (Wildman–Crippen LogP) is -0.160. The molecule has 0 spiro atoms. The van der Waals surface area contributed by atoms with Crippen LogP contribution in [-0.4, -0.2) is 87.9 Å². The summed E-state index contributed by atoms with van der Waals surface area (Å²) in [5, 5.41) is 11.9. The minimum Gasteiger partial charge on any atom is -0.467 e. The van der Waals surface area contributed by atoms with E-state index in [9.17, 15) is 9.59 Å². The maximum Gasteiger partial charge on any atom is 0.328 e. The fourth-order valence-corrected chi connectivity index (χ4v) is 3.60. The molecular weight excluding hydrogens is 352 g/mol. The van der Waals surface area contributed by atoms with Crippen LogP contribution in [0.25, 0.3) is 0 Å². The first kappa shape index (κ1) is 19.7. The van der Waals surface area contributed by atoms with Gasteiger partial charge in [0, 0.05) is 32.6 Å². The number of amides is 1. The third-order valence-corrected chi connectivity index (χ3v) is 5.13. The molecule has 1 amide bonds. The van der Waals surface area contributed by atoms with E-state index >= 15 is 0 Å². The van der Waals surface area contributed by atoms with Crippen LogP contribution in [0.15, 0.2) is 0 Å². The highest BCUT2D eigenvalue weighted by Crippen LogP contribution is 2.19. The third kappa shape index (κ3) is 5.23. The zero-order valence-corrected chi connectivity index (χ0v) is 15.9. The molecule has 2 saturated heterocycles. The summed E-state index contributed by atoms with van der Waals surface area (Å²) < 4.78 is 12.0. The zero-order valence-electron chi connectivity index (χ0n) is 15.9. The van der Waals surface area contributed by atoms with Gasteiger partial charge in [-0.2, -0.15) is 0 Å². The number of likely N-dealkylation sites (tertiary alicyclic amines) is 1. The van der Waals surface area contributed by atoms with E-state index in [0.29, 0.717) is 38.9 Å². The molecule has 10 heteroatoms. The first-order valence-electron chi connectivity index (χ1n) is 9.61. The van der Waals surface area contributed by atoms with Crippen molar-refractivity contribution in [3.8, 4) is 0 Å². The molecule has 3 heterocycles. The predicted molar refractivity (Wildman–Crippen MR) is 94.5 cm³/mol. The summed E-state index contributed by atoms with van der Waals surface area (Å²) in [7, 11) is 1.37. The summed E-state index contributed by atoms with van der Waals surface area (Å²) in [5.74, 6) is 0.471. The lowest BCUT2D eigenvalue weighted by molar-refractivity contribution is -0.154. The topological polar surface area (TPSA) is 103 Å². The molecule has 27 heavy (non-hydrogen) atoms. The summed E-state index contributed by atoms with van der Waals surface area (Å²) in [4.78, 5) is 28.4. The number of carbonyl (C=O) groups is 2. The van der Waals surface area contributed by atoms with Crippen LogP contribution in [0.2, 0.25) is 0 Å². The molecule has 2 fully saturated rings. The van der Waals surface area contributed by atoms with E-state index in [0.717, 1.165) is 45.0 Å². The number of methoxy groups -OCH3 is 1. The normalized spacial score (nSPS) is 21.2. The molecular formula is C17H28N6O4. The van der Waals surface area contributed by atoms with E-state index in [1.54, 1.807) is 9.58 Å². The van der Waals surface area contributed by atoms with E-state index in [1.165, 1.54) is 7.11 Å². The second-order valence-corrected chi connectivity index (χ2v) is 6.93. The first-order valence-corrected chi connectivity index (χ1v) is 9.61. The Bertz CT molecular complexity index is 631. The Morgan fingerprint density at radius 2 is 2.04 bits per heavy atom. The maximum absolute atomic E-state index is 12.6. The number of aryl methyl sites for hydroxylation is 1. The minimum absolute atomic E-state index is 0.00657. The molecule has 0 bridgehead atoms. The average Bonchev–Trinajstić information content (AvgIpc) is 3.15. The number of carbonyl (C=O) groups excluding carboxylic acids is 2. The summed E-state index contributed by atoms with van der Waals surface area (Å²) in [6.45, 7) is 5.08. The van der Waals surface area contributed by atoms with Crippen molar-refractivity contribution in [3.05, 3.63) is 5.82 Å². The van der Waals surface area contributed by atoms with E-state index < -0.39 is 6.04 Å². The number of hydrogen-bond acceptors (Lipinski definition) is 8. The van der Waals surface area contributed by atoms with Crippen molar-refractivity contribution in [2.75, 3.05) is 40.0 Å². The van der Waals surface area contributed by atoms with Crippen molar-refractivity contribution >= 4 is 11.9 Å². The summed E-state index contributed by atoms with van der Waals surface area (Å²) >= 11 is 0. The lowest BCUT2D eigenvalue weighted by Gasteiger charge is -2.33. The molecule has 10 nitrogen and oxygen atoms in total. The van der Waals surface area contributed by atoms with Crippen molar-refractivity contribution in [2.24, 2.45) is 0 Å². The Balaban J connectivity index is 1.48. The number of tetrazole rings is 1. The lowest BCUT2D eigenvalue weighted by atomic mass is 10.0. The second-order valence-electron chi connectivity index (χ2n) is 6.93. The fraction of sp³-hybridized carbons (Fsp3) is 0.824. The van der Waals surface area contributed by atoms with E-state index in [2.05, 4.69) is 20.4 Å². The van der Waals surface area contributed by atoms with E-state index in [-0.39, 0.29) is 11.9 Å². The van der Waals surface area contributed by atoms with Crippen LogP contribution in [0, 0.1) is 0 Å². The van der Waals surface area contributed by atoms with Crippen LogP contribution < -0.4 is 0 Å². The van der Waals surface area contributed by atoms with Crippen LogP contribution in [0.5, 0.6) is 0 Å². The highest BCUT2D eigenvalue weighted by Gasteiger charge is 2.32. The zero-order chi connectivity index (χ0) is 19.1. The molecule has 0 radical (unpaired) electrons. The Morgan fingerprint density at radius 1 is 1.22 bits per heavy atom. The molecule has 0 aliphatic carbocycles. The monoisotopic (exact) mass is 380 g/mol. The first-order chi connectivity index (χ1) is 13.2. The molecule has 0 unspecified atom stereocenters. The van der Waals surface area contributed by atoms with Crippen LogP contribution in [0.4, 0.5) is 0 Å². The molecule has 0 N–H and O–H groups in total. The highest BCUT2D eigenvalue weighted by atomic mass is 16.5. The summed E-state index contributed by atoms with van der Waals surface area (Å²) in [5.41, 5.74) is 0. The van der Waals surface area contributed by atoms with Crippen LogP contribution in [0.1, 0.15) is 37.9 Å². The second kappa shape index (κ2) is 9.75. The van der Waals surface area contributed by atoms with Crippen LogP contribution in [-0.2, 0) is 32.2 Å². The Kier molecular flexibility index (Phi) is 7.11. The smallest absolute Gasteiger partial charge is 0.328 e.